The molecule has 0 saturated carbocycles. The van der Waals surface area contributed by atoms with Gasteiger partial charge < -0.3 is 19.7 Å². The predicted molar refractivity (Wildman–Crippen MR) is 180 cm³/mol. The Hall–Kier alpha value is -5.85. The Labute approximate surface area is 282 Å². The summed E-state index contributed by atoms with van der Waals surface area (Å²) in [4.78, 5) is 59.5. The van der Waals surface area contributed by atoms with E-state index in [0.717, 1.165) is 21.9 Å². The van der Waals surface area contributed by atoms with Gasteiger partial charge in [0.05, 0.1) is 24.9 Å². The first kappa shape index (κ1) is 34.5. The van der Waals surface area contributed by atoms with E-state index in [4.69, 9.17) is 14.6 Å². The van der Waals surface area contributed by atoms with Crippen molar-refractivity contribution in [1.29, 1.82) is 0 Å². The number of amides is 5. The van der Waals surface area contributed by atoms with Crippen molar-refractivity contribution in [2.75, 3.05) is 13.1 Å². The number of furan rings is 2. The van der Waals surface area contributed by atoms with Gasteiger partial charge in [0.2, 0.25) is 23.6 Å². The predicted octanol–water partition coefficient (Wildman–Crippen LogP) is 4.35. The van der Waals surface area contributed by atoms with Crippen molar-refractivity contribution in [3.05, 3.63) is 71.2 Å². The molecule has 2 aliphatic heterocycles. The molecule has 0 radical (unpaired) electrons. The van der Waals surface area contributed by atoms with Crippen molar-refractivity contribution in [2.45, 2.75) is 63.8 Å². The first-order chi connectivity index (χ1) is 23.3. The maximum atomic E-state index is 12.2. The third-order valence-corrected chi connectivity index (χ3v) is 8.22. The highest BCUT2D eigenvalue weighted by molar-refractivity contribution is 6.03. The fourth-order valence-corrected chi connectivity index (χ4v) is 5.81. The van der Waals surface area contributed by atoms with Gasteiger partial charge in [-0.05, 0) is 68.7 Å². The molecule has 4 heterocycles. The molecule has 2 aliphatic rings. The number of imide groups is 2. The second kappa shape index (κ2) is 14.5. The minimum Gasteiger partial charge on any atom is -0.465 e. The lowest BCUT2D eigenvalue weighted by molar-refractivity contribution is -0.135. The van der Waals surface area contributed by atoms with Gasteiger partial charge in [0.25, 0.3) is 0 Å². The molecule has 6 rings (SSSR count). The number of nitrogens with one attached hydrogen (secondary N) is 2. The number of nitrogens with two attached hydrogens (primary N) is 1. The van der Waals surface area contributed by atoms with E-state index in [-0.39, 0.29) is 42.6 Å². The number of carbonyl (C=O) groups is 5. The van der Waals surface area contributed by atoms with E-state index in [2.05, 4.69) is 34.3 Å². The molecule has 49 heavy (non-hydrogen) atoms. The number of fused-ring (bicyclic) bond motifs is 2. The van der Waals surface area contributed by atoms with Gasteiger partial charge in [0.1, 0.15) is 11.2 Å². The zero-order chi connectivity index (χ0) is 35.3. The molecule has 2 unspecified atom stereocenters. The molecule has 5 N–H and O–H groups in total. The van der Waals surface area contributed by atoms with Gasteiger partial charge in [0, 0.05) is 41.3 Å². The van der Waals surface area contributed by atoms with Crippen LogP contribution in [-0.2, 0) is 19.2 Å². The molecule has 2 aromatic carbocycles. The van der Waals surface area contributed by atoms with E-state index >= 15 is 0 Å². The molecule has 2 saturated heterocycles. The number of hydrogen-bond acceptors (Lipinski definition) is 8. The van der Waals surface area contributed by atoms with Gasteiger partial charge in [-0.25, -0.2) is 4.79 Å². The smallest absolute Gasteiger partial charge is 0.408 e. The van der Waals surface area contributed by atoms with Crippen LogP contribution in [0, 0.1) is 23.7 Å². The molecule has 5 amide bonds. The van der Waals surface area contributed by atoms with Crippen LogP contribution in [-0.4, -0.2) is 58.4 Å². The number of carbonyl (C=O) groups excluding carboxylic acids is 4. The molecule has 0 bridgehead atoms. The Balaban J connectivity index is 0.000000199. The zero-order valence-electron chi connectivity index (χ0n) is 27.3. The van der Waals surface area contributed by atoms with Crippen LogP contribution in [0.1, 0.15) is 80.9 Å². The number of hydrogen-bond donors (Lipinski definition) is 4. The number of nitrogens with zero attached hydrogens (tertiary/aromatic N) is 1. The molecule has 12 heteroatoms. The van der Waals surface area contributed by atoms with Crippen LogP contribution < -0.4 is 16.4 Å². The summed E-state index contributed by atoms with van der Waals surface area (Å²) >= 11 is 0. The summed E-state index contributed by atoms with van der Waals surface area (Å²) in [5.41, 5.74) is 7.72. The van der Waals surface area contributed by atoms with E-state index in [9.17, 15) is 29.1 Å². The van der Waals surface area contributed by atoms with Crippen molar-refractivity contribution in [1.82, 2.24) is 15.5 Å². The SMILES string of the molecule is CC(C)(C)N(CC#Cc1cc2c(C3CCC(=O)NC3=O)cccc2o1)C(=O)O.NCC#Cc1cc2c(C3CCC(=O)NC3=O)cccc2o1. The average Bonchev–Trinajstić information content (AvgIpc) is 3.66. The van der Waals surface area contributed by atoms with Gasteiger partial charge in [-0.3, -0.25) is 34.7 Å². The highest BCUT2D eigenvalue weighted by Gasteiger charge is 2.31. The minimum absolute atomic E-state index is 0.0515. The van der Waals surface area contributed by atoms with E-state index < -0.39 is 17.6 Å². The fraction of sp³-hybridized carbons (Fsp3) is 0.324. The van der Waals surface area contributed by atoms with Crippen LogP contribution in [0.3, 0.4) is 0 Å². The second-order valence-electron chi connectivity index (χ2n) is 12.6. The number of piperidine rings is 2. The molecule has 4 aromatic rings. The third-order valence-electron chi connectivity index (χ3n) is 8.22. The topological polar surface area (TPSA) is 185 Å². The Morgan fingerprint density at radius 3 is 1.71 bits per heavy atom. The lowest BCUT2D eigenvalue weighted by Crippen LogP contribution is -2.45. The molecule has 0 aliphatic carbocycles. The third kappa shape index (κ3) is 8.00. The Kier molecular flexibility index (Phi) is 10.2. The molecule has 0 spiro atoms. The van der Waals surface area contributed by atoms with Crippen molar-refractivity contribution in [3.8, 4) is 23.7 Å². The lowest BCUT2D eigenvalue weighted by atomic mass is 9.88. The zero-order valence-corrected chi connectivity index (χ0v) is 27.3. The number of benzene rings is 2. The summed E-state index contributed by atoms with van der Waals surface area (Å²) in [7, 11) is 0. The lowest BCUT2D eigenvalue weighted by Gasteiger charge is -2.31. The Morgan fingerprint density at radius 1 is 0.837 bits per heavy atom. The van der Waals surface area contributed by atoms with Gasteiger partial charge in [-0.15, -0.1) is 0 Å². The van der Waals surface area contributed by atoms with Crippen LogP contribution in [0.15, 0.2) is 57.4 Å². The molecule has 2 fully saturated rings. The summed E-state index contributed by atoms with van der Waals surface area (Å²) in [6, 6.07) is 14.6. The average molecular weight is 665 g/mol. The quantitative estimate of drug-likeness (QED) is 0.183. The second-order valence-corrected chi connectivity index (χ2v) is 12.6. The van der Waals surface area contributed by atoms with Crippen LogP contribution in [0.2, 0.25) is 0 Å². The number of carboxylic acid groups (broad SMARTS) is 1. The normalized spacial score (nSPS) is 17.6. The first-order valence-corrected chi connectivity index (χ1v) is 15.8. The summed E-state index contributed by atoms with van der Waals surface area (Å²) < 4.78 is 11.4. The Morgan fingerprint density at radius 2 is 1.31 bits per heavy atom. The molecular weight excluding hydrogens is 628 g/mol. The van der Waals surface area contributed by atoms with Gasteiger partial charge in [-0.1, -0.05) is 36.1 Å². The van der Waals surface area contributed by atoms with Crippen LogP contribution in [0.4, 0.5) is 4.79 Å². The van der Waals surface area contributed by atoms with E-state index in [1.807, 2.05) is 30.3 Å². The van der Waals surface area contributed by atoms with Crippen LogP contribution in [0.5, 0.6) is 0 Å². The van der Waals surface area contributed by atoms with E-state index in [1.54, 1.807) is 39.0 Å². The Bertz CT molecular complexity index is 2080. The highest BCUT2D eigenvalue weighted by atomic mass is 16.4. The molecular formula is C37H36N4O8. The maximum absolute atomic E-state index is 12.2. The molecule has 12 nitrogen and oxygen atoms in total. The molecule has 2 atom stereocenters. The fourth-order valence-electron chi connectivity index (χ4n) is 5.81. The van der Waals surface area contributed by atoms with Crippen molar-refractivity contribution < 1.29 is 37.9 Å². The summed E-state index contributed by atoms with van der Waals surface area (Å²) in [5.74, 6) is 10.4. The van der Waals surface area contributed by atoms with E-state index in [0.29, 0.717) is 48.4 Å². The summed E-state index contributed by atoms with van der Waals surface area (Å²) in [6.45, 7) is 5.72. The van der Waals surface area contributed by atoms with Crippen molar-refractivity contribution in [2.24, 2.45) is 5.73 Å². The summed E-state index contributed by atoms with van der Waals surface area (Å²) in [5, 5.41) is 15.7. The molecule has 2 aromatic heterocycles. The van der Waals surface area contributed by atoms with Crippen molar-refractivity contribution in [3.63, 3.8) is 0 Å². The largest absolute Gasteiger partial charge is 0.465 e. The maximum Gasteiger partial charge on any atom is 0.408 e. The first-order valence-electron chi connectivity index (χ1n) is 15.8. The van der Waals surface area contributed by atoms with Crippen LogP contribution in [0.25, 0.3) is 21.9 Å². The molecule has 252 valence electrons. The standard InChI is InChI=1S/C21H22N2O5.C16H14N2O3/c1-21(2,3)23(20(26)27)11-5-6-13-12-16-14(7-4-8-17(16)28-13)15-9-10-18(24)22-19(15)25;17-8-2-3-10-9-13-11(4-1-5-14(13)21-10)12-6-7-15(19)18-16(12)20/h4,7-8,12,15H,9-11H2,1-3H3,(H,26,27)(H,22,24,25);1,4-5,9,12H,6-8,17H2,(H,18,19,20). The monoisotopic (exact) mass is 664 g/mol. The van der Waals surface area contributed by atoms with Gasteiger partial charge in [-0.2, -0.15) is 0 Å². The highest BCUT2D eigenvalue weighted by Crippen LogP contribution is 2.34. The van der Waals surface area contributed by atoms with Gasteiger partial charge >= 0.3 is 6.09 Å². The minimum atomic E-state index is -1.04. The van der Waals surface area contributed by atoms with Crippen molar-refractivity contribution >= 4 is 51.7 Å². The number of rotatable bonds is 3. The van der Waals surface area contributed by atoms with E-state index in [1.165, 1.54) is 4.90 Å². The van der Waals surface area contributed by atoms with Gasteiger partial charge in [0.15, 0.2) is 11.5 Å². The van der Waals surface area contributed by atoms with Crippen LogP contribution >= 0.6 is 0 Å². The summed E-state index contributed by atoms with van der Waals surface area (Å²) in [6.07, 6.45) is 0.583.